The van der Waals surface area contributed by atoms with E-state index in [2.05, 4.69) is 4.72 Å². The number of halogens is 1. The Balaban J connectivity index is 1.71. The summed E-state index contributed by atoms with van der Waals surface area (Å²) in [5, 5.41) is 8.78. The number of sulfonamides is 1. The molecule has 2 aliphatic carbocycles. The molecule has 1 N–H and O–H groups in total. The molecule has 6 heteroatoms. The molecule has 21 heavy (non-hydrogen) atoms. The van der Waals surface area contributed by atoms with Gasteiger partial charge in [-0.1, -0.05) is 6.42 Å². The first-order chi connectivity index (χ1) is 9.99. The van der Waals surface area contributed by atoms with Crippen molar-refractivity contribution in [2.75, 3.05) is 6.54 Å². The molecular formula is C15H17FN2O2S. The van der Waals surface area contributed by atoms with Crippen LogP contribution in [0, 0.1) is 34.9 Å². The second kappa shape index (κ2) is 5.39. The predicted molar refractivity (Wildman–Crippen MR) is 75.2 cm³/mol. The van der Waals surface area contributed by atoms with E-state index in [0.717, 1.165) is 24.5 Å². The van der Waals surface area contributed by atoms with Crippen molar-refractivity contribution in [3.63, 3.8) is 0 Å². The molecule has 4 nitrogen and oxygen atoms in total. The van der Waals surface area contributed by atoms with Crippen LogP contribution in [-0.4, -0.2) is 15.0 Å². The molecule has 0 heterocycles. The molecule has 0 spiro atoms. The average molecular weight is 308 g/mol. The standard InChI is InChI=1S/C15H17FN2O2S/c16-15-4-3-14(7-12(15)8-17)21(19,20)18-9-13-6-10-1-2-11(13)5-10/h3-4,7,10-11,13,18H,1-2,5-6,9H2. The van der Waals surface area contributed by atoms with Gasteiger partial charge in [0.15, 0.2) is 0 Å². The van der Waals surface area contributed by atoms with Crippen LogP contribution < -0.4 is 4.72 Å². The fraction of sp³-hybridized carbons (Fsp3) is 0.533. The van der Waals surface area contributed by atoms with Gasteiger partial charge >= 0.3 is 0 Å². The number of fused-ring (bicyclic) bond motifs is 2. The Morgan fingerprint density at radius 2 is 2.14 bits per heavy atom. The van der Waals surface area contributed by atoms with Crippen LogP contribution in [0.5, 0.6) is 0 Å². The lowest BCUT2D eigenvalue weighted by atomic mass is 9.89. The Bertz CT molecular complexity index is 696. The van der Waals surface area contributed by atoms with Gasteiger partial charge in [0.25, 0.3) is 0 Å². The topological polar surface area (TPSA) is 70.0 Å². The number of hydrogen-bond donors (Lipinski definition) is 1. The van der Waals surface area contributed by atoms with Crippen LogP contribution in [0.1, 0.15) is 31.2 Å². The Morgan fingerprint density at radius 1 is 1.33 bits per heavy atom. The zero-order valence-corrected chi connectivity index (χ0v) is 12.4. The molecule has 3 rings (SSSR count). The van der Waals surface area contributed by atoms with Gasteiger partial charge in [-0.2, -0.15) is 5.26 Å². The summed E-state index contributed by atoms with van der Waals surface area (Å²) in [4.78, 5) is -0.0522. The molecule has 0 saturated heterocycles. The molecule has 2 fully saturated rings. The lowest BCUT2D eigenvalue weighted by Gasteiger charge is -2.21. The van der Waals surface area contributed by atoms with E-state index < -0.39 is 15.8 Å². The molecule has 2 bridgehead atoms. The Kier molecular flexibility index (Phi) is 3.72. The van der Waals surface area contributed by atoms with Gasteiger partial charge in [0.2, 0.25) is 10.0 Å². The van der Waals surface area contributed by atoms with Gasteiger partial charge in [0.1, 0.15) is 11.9 Å². The molecule has 1 aromatic carbocycles. The molecule has 2 aliphatic rings. The van der Waals surface area contributed by atoms with E-state index in [4.69, 9.17) is 5.26 Å². The number of rotatable bonds is 4. The van der Waals surface area contributed by atoms with E-state index in [0.29, 0.717) is 18.4 Å². The van der Waals surface area contributed by atoms with Crippen molar-refractivity contribution in [3.8, 4) is 6.07 Å². The maximum Gasteiger partial charge on any atom is 0.240 e. The van der Waals surface area contributed by atoms with Crippen molar-refractivity contribution < 1.29 is 12.8 Å². The highest BCUT2D eigenvalue weighted by Crippen LogP contribution is 2.48. The van der Waals surface area contributed by atoms with Crippen LogP contribution in [-0.2, 0) is 10.0 Å². The van der Waals surface area contributed by atoms with Crippen molar-refractivity contribution in [1.29, 1.82) is 5.26 Å². The van der Waals surface area contributed by atoms with Crippen molar-refractivity contribution in [3.05, 3.63) is 29.6 Å². The molecule has 2 saturated carbocycles. The molecule has 1 aromatic rings. The fourth-order valence-corrected chi connectivity index (χ4v) is 4.80. The maximum absolute atomic E-state index is 13.3. The average Bonchev–Trinajstić information content (AvgIpc) is 3.08. The van der Waals surface area contributed by atoms with E-state index in [9.17, 15) is 12.8 Å². The summed E-state index contributed by atoms with van der Waals surface area (Å²) in [5.74, 6) is 1.11. The van der Waals surface area contributed by atoms with Crippen molar-refractivity contribution in [2.45, 2.75) is 30.6 Å². The van der Waals surface area contributed by atoms with Crippen LogP contribution in [0.25, 0.3) is 0 Å². The zero-order valence-electron chi connectivity index (χ0n) is 11.5. The maximum atomic E-state index is 13.3. The van der Waals surface area contributed by atoms with Gasteiger partial charge in [-0.25, -0.2) is 17.5 Å². The third kappa shape index (κ3) is 2.81. The number of nitrogens with one attached hydrogen (secondary N) is 1. The first-order valence-electron chi connectivity index (χ1n) is 7.19. The number of hydrogen-bond acceptors (Lipinski definition) is 3. The summed E-state index contributed by atoms with van der Waals surface area (Å²) in [6, 6.07) is 4.95. The quantitative estimate of drug-likeness (QED) is 0.928. The van der Waals surface area contributed by atoms with Gasteiger partial charge in [-0.3, -0.25) is 0 Å². The molecule has 0 aromatic heterocycles. The van der Waals surface area contributed by atoms with E-state index in [-0.39, 0.29) is 10.5 Å². The molecule has 0 aliphatic heterocycles. The Hall–Kier alpha value is -1.45. The van der Waals surface area contributed by atoms with Gasteiger partial charge in [-0.05, 0) is 55.2 Å². The van der Waals surface area contributed by atoms with Crippen LogP contribution in [0.4, 0.5) is 4.39 Å². The number of benzene rings is 1. The largest absolute Gasteiger partial charge is 0.240 e. The smallest absolute Gasteiger partial charge is 0.211 e. The molecular weight excluding hydrogens is 291 g/mol. The fourth-order valence-electron chi connectivity index (χ4n) is 3.68. The number of nitrogens with zero attached hydrogens (tertiary/aromatic N) is 1. The second-order valence-electron chi connectivity index (χ2n) is 6.04. The summed E-state index contributed by atoms with van der Waals surface area (Å²) in [5.41, 5.74) is -0.252. The SMILES string of the molecule is N#Cc1cc(S(=O)(=O)NCC2CC3CCC2C3)ccc1F. The summed E-state index contributed by atoms with van der Waals surface area (Å²) in [6.45, 7) is 0.433. The van der Waals surface area contributed by atoms with Gasteiger partial charge in [0.05, 0.1) is 10.5 Å². The molecule has 0 amide bonds. The van der Waals surface area contributed by atoms with Crippen molar-refractivity contribution in [2.24, 2.45) is 17.8 Å². The first-order valence-corrected chi connectivity index (χ1v) is 8.67. The molecule has 0 radical (unpaired) electrons. The van der Waals surface area contributed by atoms with E-state index >= 15 is 0 Å². The van der Waals surface area contributed by atoms with Gasteiger partial charge in [0, 0.05) is 6.54 Å². The highest BCUT2D eigenvalue weighted by molar-refractivity contribution is 7.89. The summed E-state index contributed by atoms with van der Waals surface area (Å²) in [6.07, 6.45) is 4.80. The van der Waals surface area contributed by atoms with Crippen LogP contribution in [0.3, 0.4) is 0 Å². The van der Waals surface area contributed by atoms with Crippen LogP contribution >= 0.6 is 0 Å². The third-order valence-electron chi connectivity index (χ3n) is 4.79. The van der Waals surface area contributed by atoms with E-state index in [1.54, 1.807) is 6.07 Å². The summed E-state index contributed by atoms with van der Waals surface area (Å²) in [7, 11) is -3.68. The lowest BCUT2D eigenvalue weighted by Crippen LogP contribution is -2.31. The minimum Gasteiger partial charge on any atom is -0.211 e. The third-order valence-corrected chi connectivity index (χ3v) is 6.21. The van der Waals surface area contributed by atoms with Crippen LogP contribution in [0.15, 0.2) is 23.1 Å². The predicted octanol–water partition coefficient (Wildman–Crippen LogP) is 2.41. The second-order valence-corrected chi connectivity index (χ2v) is 7.81. The summed E-state index contributed by atoms with van der Waals surface area (Å²) >= 11 is 0. The van der Waals surface area contributed by atoms with Gasteiger partial charge in [-0.15, -0.1) is 0 Å². The molecule has 3 unspecified atom stereocenters. The van der Waals surface area contributed by atoms with Crippen molar-refractivity contribution in [1.82, 2.24) is 4.72 Å². The minimum atomic E-state index is -3.68. The highest BCUT2D eigenvalue weighted by atomic mass is 32.2. The van der Waals surface area contributed by atoms with E-state index in [1.807, 2.05) is 0 Å². The van der Waals surface area contributed by atoms with Crippen LogP contribution in [0.2, 0.25) is 0 Å². The number of nitriles is 1. The molecule has 3 atom stereocenters. The van der Waals surface area contributed by atoms with Gasteiger partial charge < -0.3 is 0 Å². The monoisotopic (exact) mass is 308 g/mol. The minimum absolute atomic E-state index is 0.0522. The highest BCUT2D eigenvalue weighted by Gasteiger charge is 2.39. The lowest BCUT2D eigenvalue weighted by molar-refractivity contribution is 0.333. The zero-order chi connectivity index (χ0) is 15.0. The summed E-state index contributed by atoms with van der Waals surface area (Å²) < 4.78 is 40.3. The first kappa shape index (κ1) is 14.5. The Labute approximate surface area is 124 Å². The molecule has 112 valence electrons. The van der Waals surface area contributed by atoms with Crippen molar-refractivity contribution >= 4 is 10.0 Å². The Morgan fingerprint density at radius 3 is 2.76 bits per heavy atom. The normalized spacial score (nSPS) is 27.7. The van der Waals surface area contributed by atoms with E-state index in [1.165, 1.54) is 25.3 Å².